The van der Waals surface area contributed by atoms with Crippen molar-refractivity contribution in [3.05, 3.63) is 40.7 Å². The van der Waals surface area contributed by atoms with E-state index in [1.54, 1.807) is 25.1 Å². The van der Waals surface area contributed by atoms with Crippen molar-refractivity contribution in [2.45, 2.75) is 17.4 Å². The first-order valence-electron chi connectivity index (χ1n) is 7.25. The summed E-state index contributed by atoms with van der Waals surface area (Å²) >= 11 is 8.67. The first-order chi connectivity index (χ1) is 12.1. The number of anilines is 1. The number of halogens is 1. The molecule has 3 rings (SSSR count). The molecule has 0 spiro atoms. The Labute approximate surface area is 157 Å². The third-order valence-corrected chi connectivity index (χ3v) is 5.23. The van der Waals surface area contributed by atoms with Gasteiger partial charge in [0.25, 0.3) is 11.1 Å². The quantitative estimate of drug-likeness (QED) is 0.615. The minimum atomic E-state index is -0.444. The van der Waals surface area contributed by atoms with Crippen LogP contribution < -0.4 is 10.1 Å². The second-order valence-electron chi connectivity index (χ2n) is 4.94. The molecule has 0 unspecified atom stereocenters. The van der Waals surface area contributed by atoms with Crippen LogP contribution in [0.1, 0.15) is 6.92 Å². The molecule has 2 aromatic heterocycles. The first kappa shape index (κ1) is 17.8. The average molecular weight is 396 g/mol. The Hall–Kier alpha value is -2.03. The Morgan fingerprint density at radius 1 is 1.40 bits per heavy atom. The molecule has 0 aliphatic heterocycles. The van der Waals surface area contributed by atoms with E-state index in [2.05, 4.69) is 15.5 Å². The summed E-state index contributed by atoms with van der Waals surface area (Å²) in [7, 11) is 1.53. The predicted molar refractivity (Wildman–Crippen MR) is 99.6 cm³/mol. The van der Waals surface area contributed by atoms with Gasteiger partial charge in [-0.2, -0.15) is 0 Å². The fourth-order valence-electron chi connectivity index (χ4n) is 1.97. The lowest BCUT2D eigenvalue weighted by atomic mass is 10.3. The summed E-state index contributed by atoms with van der Waals surface area (Å²) in [5.41, 5.74) is 0.511. The number of aromatic nitrogens is 2. The van der Waals surface area contributed by atoms with Crippen LogP contribution in [0, 0.1) is 0 Å². The number of carbonyl (C=O) groups excluding carboxylic acids is 1. The summed E-state index contributed by atoms with van der Waals surface area (Å²) in [5.74, 6) is 0.760. The average Bonchev–Trinajstić information content (AvgIpc) is 3.26. The van der Waals surface area contributed by atoms with E-state index < -0.39 is 5.25 Å². The molecule has 2 heterocycles. The number of amides is 1. The van der Waals surface area contributed by atoms with Gasteiger partial charge in [-0.1, -0.05) is 29.4 Å². The minimum Gasteiger partial charge on any atom is -0.495 e. The molecule has 1 amide bonds. The molecule has 0 aliphatic rings. The van der Waals surface area contributed by atoms with E-state index in [4.69, 9.17) is 20.8 Å². The van der Waals surface area contributed by atoms with Crippen LogP contribution in [0.15, 0.2) is 45.4 Å². The summed E-state index contributed by atoms with van der Waals surface area (Å²) in [6.45, 7) is 1.76. The highest BCUT2D eigenvalue weighted by Crippen LogP contribution is 2.31. The number of thiophene rings is 1. The Kier molecular flexibility index (Phi) is 5.62. The van der Waals surface area contributed by atoms with Gasteiger partial charge in [0.05, 0.1) is 22.9 Å². The van der Waals surface area contributed by atoms with Crippen molar-refractivity contribution in [1.29, 1.82) is 0 Å². The zero-order valence-electron chi connectivity index (χ0n) is 13.4. The highest BCUT2D eigenvalue weighted by atomic mass is 35.5. The van der Waals surface area contributed by atoms with Crippen LogP contribution in [0.3, 0.4) is 0 Å². The minimum absolute atomic E-state index is 0.221. The maximum Gasteiger partial charge on any atom is 0.277 e. The molecule has 0 saturated carbocycles. The van der Waals surface area contributed by atoms with E-state index in [0.717, 1.165) is 4.88 Å². The molecule has 1 aromatic carbocycles. The van der Waals surface area contributed by atoms with Gasteiger partial charge in [-0.25, -0.2) is 0 Å². The zero-order chi connectivity index (χ0) is 17.8. The fourth-order valence-corrected chi connectivity index (χ4v) is 3.47. The van der Waals surface area contributed by atoms with Crippen LogP contribution in [0.4, 0.5) is 5.69 Å². The topological polar surface area (TPSA) is 77.2 Å². The number of rotatable bonds is 6. The van der Waals surface area contributed by atoms with Crippen molar-refractivity contribution in [1.82, 2.24) is 10.2 Å². The molecule has 1 N–H and O–H groups in total. The number of hydrogen-bond acceptors (Lipinski definition) is 7. The van der Waals surface area contributed by atoms with Crippen LogP contribution in [-0.2, 0) is 4.79 Å². The van der Waals surface area contributed by atoms with Crippen molar-refractivity contribution in [2.24, 2.45) is 0 Å². The highest BCUT2D eigenvalue weighted by molar-refractivity contribution is 8.00. The lowest BCUT2D eigenvalue weighted by molar-refractivity contribution is -0.115. The van der Waals surface area contributed by atoms with Gasteiger partial charge in [-0.15, -0.1) is 21.5 Å². The fraction of sp³-hybridized carbons (Fsp3) is 0.188. The Morgan fingerprint density at radius 3 is 2.96 bits per heavy atom. The monoisotopic (exact) mass is 395 g/mol. The van der Waals surface area contributed by atoms with Gasteiger partial charge in [-0.3, -0.25) is 4.79 Å². The second kappa shape index (κ2) is 7.90. The predicted octanol–water partition coefficient (Wildman–Crippen LogP) is 4.58. The lowest BCUT2D eigenvalue weighted by Crippen LogP contribution is -2.22. The number of methoxy groups -OCH3 is 1. The van der Waals surface area contributed by atoms with Crippen molar-refractivity contribution < 1.29 is 13.9 Å². The second-order valence-corrected chi connectivity index (χ2v) is 7.62. The molecule has 0 bridgehead atoms. The summed E-state index contributed by atoms with van der Waals surface area (Å²) in [5, 5.41) is 13.1. The molecule has 6 nitrogen and oxygen atoms in total. The van der Waals surface area contributed by atoms with Gasteiger partial charge < -0.3 is 14.5 Å². The van der Waals surface area contributed by atoms with E-state index >= 15 is 0 Å². The number of carbonyl (C=O) groups is 1. The third-order valence-electron chi connectivity index (χ3n) is 3.20. The van der Waals surface area contributed by atoms with Crippen LogP contribution in [0.5, 0.6) is 5.75 Å². The smallest absolute Gasteiger partial charge is 0.277 e. The van der Waals surface area contributed by atoms with Gasteiger partial charge in [0.2, 0.25) is 5.91 Å². The van der Waals surface area contributed by atoms with Crippen LogP contribution >= 0.6 is 34.7 Å². The van der Waals surface area contributed by atoms with Crippen LogP contribution in [0.2, 0.25) is 5.02 Å². The standard InChI is InChI=1S/C16H14ClN3O3S2/c1-9(14(21)18-11-8-10(17)5-6-12(11)22-2)25-16-20-19-15(23-16)13-4-3-7-24-13/h3-9H,1-2H3,(H,18,21)/t9-/m0/s1. The zero-order valence-corrected chi connectivity index (χ0v) is 15.7. The molecule has 9 heteroatoms. The molecule has 1 atom stereocenters. The normalized spacial score (nSPS) is 12.0. The summed E-state index contributed by atoms with van der Waals surface area (Å²) < 4.78 is 10.8. The largest absolute Gasteiger partial charge is 0.495 e. The number of hydrogen-bond donors (Lipinski definition) is 1. The van der Waals surface area contributed by atoms with E-state index in [0.29, 0.717) is 27.6 Å². The first-order valence-corrected chi connectivity index (χ1v) is 9.39. The third kappa shape index (κ3) is 4.33. The summed E-state index contributed by atoms with van der Waals surface area (Å²) in [4.78, 5) is 13.3. The van der Waals surface area contributed by atoms with Crippen LogP contribution in [0.25, 0.3) is 10.8 Å². The summed E-state index contributed by atoms with van der Waals surface area (Å²) in [6, 6.07) is 8.83. The molecule has 0 saturated heterocycles. The molecule has 130 valence electrons. The van der Waals surface area contributed by atoms with E-state index in [1.807, 2.05) is 17.5 Å². The molecule has 0 fully saturated rings. The Bertz CT molecular complexity index is 867. The van der Waals surface area contributed by atoms with E-state index in [9.17, 15) is 4.79 Å². The number of benzene rings is 1. The SMILES string of the molecule is COc1ccc(Cl)cc1NC(=O)[C@H](C)Sc1nnc(-c2cccs2)o1. The molecule has 0 radical (unpaired) electrons. The van der Waals surface area contributed by atoms with Gasteiger partial charge >= 0.3 is 0 Å². The van der Waals surface area contributed by atoms with Crippen LogP contribution in [-0.4, -0.2) is 28.5 Å². The Balaban J connectivity index is 1.66. The van der Waals surface area contributed by atoms with Crippen molar-refractivity contribution in [3.63, 3.8) is 0 Å². The highest BCUT2D eigenvalue weighted by Gasteiger charge is 2.20. The van der Waals surface area contributed by atoms with Gasteiger partial charge in [0.1, 0.15) is 5.75 Å². The number of nitrogens with zero attached hydrogens (tertiary/aromatic N) is 2. The molecular formula is C16H14ClN3O3S2. The number of thioether (sulfide) groups is 1. The van der Waals surface area contributed by atoms with Gasteiger partial charge in [0, 0.05) is 5.02 Å². The van der Waals surface area contributed by atoms with Crippen molar-refractivity contribution in [2.75, 3.05) is 12.4 Å². The maximum absolute atomic E-state index is 12.4. The molecule has 3 aromatic rings. The Morgan fingerprint density at radius 2 is 2.24 bits per heavy atom. The van der Waals surface area contributed by atoms with Crippen molar-refractivity contribution >= 4 is 46.3 Å². The van der Waals surface area contributed by atoms with Gasteiger partial charge in [-0.05, 0) is 36.6 Å². The lowest BCUT2D eigenvalue weighted by Gasteiger charge is -2.13. The van der Waals surface area contributed by atoms with Crippen molar-refractivity contribution in [3.8, 4) is 16.5 Å². The van der Waals surface area contributed by atoms with E-state index in [-0.39, 0.29) is 5.91 Å². The van der Waals surface area contributed by atoms with E-state index in [1.165, 1.54) is 30.2 Å². The molecule has 0 aliphatic carbocycles. The number of ether oxygens (including phenoxy) is 1. The number of nitrogens with one attached hydrogen (secondary N) is 1. The molecular weight excluding hydrogens is 382 g/mol. The maximum atomic E-state index is 12.4. The summed E-state index contributed by atoms with van der Waals surface area (Å²) in [6.07, 6.45) is 0. The molecule has 25 heavy (non-hydrogen) atoms. The van der Waals surface area contributed by atoms with Gasteiger partial charge in [0.15, 0.2) is 0 Å².